The van der Waals surface area contributed by atoms with Crippen LogP contribution in [0.5, 0.6) is 0 Å². The van der Waals surface area contributed by atoms with Crippen molar-refractivity contribution in [1.82, 2.24) is 0 Å². The Hall–Kier alpha value is -5.24. The predicted octanol–water partition coefficient (Wildman–Crippen LogP) is 10.8. The lowest BCUT2D eigenvalue weighted by Crippen LogP contribution is -2.12. The van der Waals surface area contributed by atoms with Gasteiger partial charge >= 0.3 is 0 Å². The Morgan fingerprint density at radius 1 is 0.412 bits per heavy atom. The highest BCUT2D eigenvalue weighted by Crippen LogP contribution is 2.41. The first-order valence-corrected chi connectivity index (χ1v) is 17.2. The highest BCUT2D eigenvalue weighted by atomic mass is 16.5. The van der Waals surface area contributed by atoms with Crippen LogP contribution in [0.25, 0.3) is 11.1 Å². The van der Waals surface area contributed by atoms with Crippen molar-refractivity contribution in [3.05, 3.63) is 167 Å². The van der Waals surface area contributed by atoms with E-state index in [-0.39, 0.29) is 6.61 Å². The van der Waals surface area contributed by atoms with Crippen LogP contribution in [0.1, 0.15) is 33.4 Å². The Kier molecular flexibility index (Phi) is 11.6. The van der Waals surface area contributed by atoms with E-state index in [1.54, 1.807) is 21.3 Å². The third kappa shape index (κ3) is 8.22. The predicted molar refractivity (Wildman–Crippen MR) is 209 cm³/mol. The minimum atomic E-state index is 0.0109. The summed E-state index contributed by atoms with van der Waals surface area (Å²) in [4.78, 5) is 4.57. The van der Waals surface area contributed by atoms with Gasteiger partial charge in [0, 0.05) is 55.5 Å². The molecule has 0 unspecified atom stereocenters. The van der Waals surface area contributed by atoms with Gasteiger partial charge in [-0.25, -0.2) is 0 Å². The first-order valence-electron chi connectivity index (χ1n) is 17.2. The number of anilines is 6. The number of aryl methyl sites for hydroxylation is 2. The maximum atomic E-state index is 9.67. The van der Waals surface area contributed by atoms with Gasteiger partial charge in [0.1, 0.15) is 0 Å². The molecule has 51 heavy (non-hydrogen) atoms. The largest absolute Gasteiger partial charge is 0.392 e. The van der Waals surface area contributed by atoms with Crippen molar-refractivity contribution in [2.75, 3.05) is 31.1 Å². The fourth-order valence-corrected chi connectivity index (χ4v) is 6.50. The molecule has 0 saturated carbocycles. The molecule has 0 spiro atoms. The van der Waals surface area contributed by atoms with Gasteiger partial charge in [-0.3, -0.25) is 0 Å². The zero-order chi connectivity index (χ0) is 35.7. The Balaban J connectivity index is 1.35. The summed E-state index contributed by atoms with van der Waals surface area (Å²) in [6.07, 6.45) is 0. The van der Waals surface area contributed by atoms with Gasteiger partial charge in [0.2, 0.25) is 0 Å². The minimum absolute atomic E-state index is 0.0109. The molecule has 6 nitrogen and oxygen atoms in total. The van der Waals surface area contributed by atoms with Crippen LogP contribution in [-0.4, -0.2) is 26.4 Å². The molecular weight excluding hydrogens is 633 g/mol. The van der Waals surface area contributed by atoms with Crippen molar-refractivity contribution >= 4 is 34.1 Å². The van der Waals surface area contributed by atoms with E-state index in [1.165, 1.54) is 0 Å². The quantitative estimate of drug-likeness (QED) is 0.124. The zero-order valence-corrected chi connectivity index (χ0v) is 30.1. The highest BCUT2D eigenvalue weighted by Gasteiger charge is 2.18. The minimum Gasteiger partial charge on any atom is -0.392 e. The van der Waals surface area contributed by atoms with Crippen LogP contribution in [0.4, 0.5) is 34.1 Å². The molecule has 6 aromatic carbocycles. The molecule has 0 aliphatic carbocycles. The van der Waals surface area contributed by atoms with E-state index < -0.39 is 0 Å². The van der Waals surface area contributed by atoms with E-state index in [9.17, 15) is 5.11 Å². The molecule has 0 radical (unpaired) electrons. The molecule has 260 valence electrons. The second kappa shape index (κ2) is 16.6. The Bertz CT molecular complexity index is 1970. The average Bonchev–Trinajstić information content (AvgIpc) is 3.16. The van der Waals surface area contributed by atoms with E-state index in [2.05, 4.69) is 145 Å². The van der Waals surface area contributed by atoms with Crippen LogP contribution in [0.15, 0.2) is 133 Å². The third-order valence-corrected chi connectivity index (χ3v) is 9.10. The lowest BCUT2D eigenvalue weighted by atomic mass is 9.98. The van der Waals surface area contributed by atoms with Crippen molar-refractivity contribution in [2.24, 2.45) is 0 Å². The molecule has 1 N–H and O–H groups in total. The molecule has 6 rings (SSSR count). The lowest BCUT2D eigenvalue weighted by molar-refractivity contribution is 0.185. The third-order valence-electron chi connectivity index (χ3n) is 9.10. The summed E-state index contributed by atoms with van der Waals surface area (Å²) >= 11 is 0. The van der Waals surface area contributed by atoms with Gasteiger partial charge in [0.25, 0.3) is 0 Å². The Morgan fingerprint density at radius 2 is 0.706 bits per heavy atom. The summed E-state index contributed by atoms with van der Waals surface area (Å²) < 4.78 is 16.1. The fraction of sp³-hybridized carbons (Fsp3) is 0.200. The van der Waals surface area contributed by atoms with Crippen molar-refractivity contribution in [1.29, 1.82) is 0 Å². The maximum Gasteiger partial charge on any atom is 0.0713 e. The average molecular weight is 679 g/mol. The zero-order valence-electron chi connectivity index (χ0n) is 30.1. The van der Waals surface area contributed by atoms with Crippen LogP contribution >= 0.6 is 0 Å². The molecule has 0 heterocycles. The SMILES string of the molecule is COCc1ccc(N(c2ccc(CO)cc2)c2ccc(-c3ccc(N(c4ccc(COC)cc4)c4ccc(COC)cc4)c(C)c3)cc2C)cc1. The molecule has 0 bridgehead atoms. The molecule has 0 aromatic heterocycles. The van der Waals surface area contributed by atoms with Crippen LogP contribution in [-0.2, 0) is 40.6 Å². The summed E-state index contributed by atoms with van der Waals surface area (Å²) in [5.74, 6) is 0. The molecule has 0 atom stereocenters. The fourth-order valence-electron chi connectivity index (χ4n) is 6.50. The Labute approximate surface area is 302 Å². The summed E-state index contributed by atoms with van der Waals surface area (Å²) in [6.45, 7) is 6.07. The highest BCUT2D eigenvalue weighted by molar-refractivity contribution is 5.83. The molecule has 0 aliphatic heterocycles. The summed E-state index contributed by atoms with van der Waals surface area (Å²) in [7, 11) is 5.15. The van der Waals surface area contributed by atoms with Gasteiger partial charge in [-0.15, -0.1) is 0 Å². The van der Waals surface area contributed by atoms with Gasteiger partial charge in [-0.05, 0) is 131 Å². The number of hydrogen-bond donors (Lipinski definition) is 1. The number of aliphatic hydroxyl groups excluding tert-OH is 1. The van der Waals surface area contributed by atoms with Crippen LogP contribution in [0.2, 0.25) is 0 Å². The molecule has 6 heteroatoms. The number of rotatable bonds is 14. The smallest absolute Gasteiger partial charge is 0.0713 e. The van der Waals surface area contributed by atoms with Crippen LogP contribution in [0, 0.1) is 13.8 Å². The van der Waals surface area contributed by atoms with Gasteiger partial charge < -0.3 is 29.1 Å². The first kappa shape index (κ1) is 35.6. The van der Waals surface area contributed by atoms with Gasteiger partial charge in [-0.2, -0.15) is 0 Å². The van der Waals surface area contributed by atoms with Crippen molar-refractivity contribution in [3.63, 3.8) is 0 Å². The monoisotopic (exact) mass is 678 g/mol. The maximum absolute atomic E-state index is 9.67. The number of ether oxygens (including phenoxy) is 3. The van der Waals surface area contributed by atoms with Gasteiger partial charge in [-0.1, -0.05) is 60.7 Å². The van der Waals surface area contributed by atoms with Gasteiger partial charge in [0.05, 0.1) is 26.4 Å². The number of aliphatic hydroxyl groups is 1. The standard InChI is InChI=1S/C45H46N2O4/c1-32-26-38(14-24-44(32)46(40-16-6-34(28-48)7-17-40)41-18-8-35(9-19-41)29-49-3)39-15-25-45(33(2)27-39)47(42-20-10-36(11-21-42)30-50-4)43-22-12-37(13-23-43)31-51-5/h6-27,48H,28-31H2,1-5H3. The first-order chi connectivity index (χ1) is 24.9. The molecule has 0 fully saturated rings. The van der Waals surface area contributed by atoms with Crippen LogP contribution < -0.4 is 9.80 Å². The second-order valence-corrected chi connectivity index (χ2v) is 12.8. The van der Waals surface area contributed by atoms with E-state index in [1.807, 2.05) is 12.1 Å². The molecular formula is C45H46N2O4. The summed E-state index contributed by atoms with van der Waals surface area (Å²) in [6, 6.07) is 47.0. The number of methoxy groups -OCH3 is 3. The topological polar surface area (TPSA) is 54.4 Å². The second-order valence-electron chi connectivity index (χ2n) is 12.8. The van der Waals surface area contributed by atoms with Crippen LogP contribution in [0.3, 0.4) is 0 Å². The van der Waals surface area contributed by atoms with Crippen molar-refractivity contribution < 1.29 is 19.3 Å². The number of hydrogen-bond acceptors (Lipinski definition) is 6. The van der Waals surface area contributed by atoms with E-state index in [0.717, 1.165) is 78.6 Å². The molecule has 0 aliphatic rings. The normalized spacial score (nSPS) is 11.1. The Morgan fingerprint density at radius 3 is 0.961 bits per heavy atom. The van der Waals surface area contributed by atoms with Gasteiger partial charge in [0.15, 0.2) is 0 Å². The van der Waals surface area contributed by atoms with Crippen molar-refractivity contribution in [2.45, 2.75) is 40.3 Å². The molecule has 0 amide bonds. The van der Waals surface area contributed by atoms with E-state index in [0.29, 0.717) is 19.8 Å². The number of benzene rings is 6. The number of nitrogens with zero attached hydrogens (tertiary/aromatic N) is 2. The van der Waals surface area contributed by atoms with E-state index >= 15 is 0 Å². The lowest BCUT2D eigenvalue weighted by Gasteiger charge is -2.28. The van der Waals surface area contributed by atoms with Crippen molar-refractivity contribution in [3.8, 4) is 11.1 Å². The summed E-state index contributed by atoms with van der Waals surface area (Å²) in [5, 5.41) is 9.67. The summed E-state index contributed by atoms with van der Waals surface area (Å²) in [5.41, 5.74) is 15.3. The molecule has 0 saturated heterocycles. The molecule has 6 aromatic rings. The van der Waals surface area contributed by atoms with E-state index in [4.69, 9.17) is 14.2 Å².